The highest BCUT2D eigenvalue weighted by atomic mass is 35.5. The lowest BCUT2D eigenvalue weighted by atomic mass is 10.0. The molecule has 0 aliphatic carbocycles. The van der Waals surface area contributed by atoms with Crippen LogP contribution in [0.4, 0.5) is 4.39 Å². The summed E-state index contributed by atoms with van der Waals surface area (Å²) in [6.07, 6.45) is 0. The second-order valence-electron chi connectivity index (χ2n) is 4.04. The molecule has 0 fully saturated rings. The largest absolute Gasteiger partial charge is 0.481 e. The SMILES string of the molecule is CC(NCc1ccc(F)c(Cl)c1)C(C)C(=O)O. The Morgan fingerprint density at radius 3 is 2.71 bits per heavy atom. The Hall–Kier alpha value is -1.13. The number of carboxylic acids is 1. The summed E-state index contributed by atoms with van der Waals surface area (Å²) in [6, 6.07) is 4.27. The molecule has 0 saturated heterocycles. The van der Waals surface area contributed by atoms with Crippen LogP contribution >= 0.6 is 11.6 Å². The van der Waals surface area contributed by atoms with E-state index >= 15 is 0 Å². The van der Waals surface area contributed by atoms with Crippen LogP contribution in [-0.2, 0) is 11.3 Å². The first-order valence-corrected chi connectivity index (χ1v) is 5.69. The molecule has 17 heavy (non-hydrogen) atoms. The molecule has 0 radical (unpaired) electrons. The fourth-order valence-corrected chi connectivity index (χ4v) is 1.52. The fourth-order valence-electron chi connectivity index (χ4n) is 1.32. The van der Waals surface area contributed by atoms with E-state index in [1.807, 2.05) is 0 Å². The molecular weight excluding hydrogens is 245 g/mol. The molecule has 0 bridgehead atoms. The van der Waals surface area contributed by atoms with Gasteiger partial charge in [-0.2, -0.15) is 0 Å². The lowest BCUT2D eigenvalue weighted by molar-refractivity contribution is -0.141. The van der Waals surface area contributed by atoms with Gasteiger partial charge in [0.2, 0.25) is 0 Å². The average molecular weight is 260 g/mol. The number of benzene rings is 1. The normalized spacial score (nSPS) is 14.4. The number of carboxylic acid groups (broad SMARTS) is 1. The molecule has 2 N–H and O–H groups in total. The maximum absolute atomic E-state index is 12.9. The Labute approximate surface area is 105 Å². The van der Waals surface area contributed by atoms with Gasteiger partial charge in [0.15, 0.2) is 0 Å². The fraction of sp³-hybridized carbons (Fsp3) is 0.417. The number of rotatable bonds is 5. The molecule has 0 aromatic heterocycles. The van der Waals surface area contributed by atoms with E-state index in [9.17, 15) is 9.18 Å². The van der Waals surface area contributed by atoms with Gasteiger partial charge in [-0.05, 0) is 24.6 Å². The van der Waals surface area contributed by atoms with E-state index in [0.29, 0.717) is 6.54 Å². The van der Waals surface area contributed by atoms with Crippen molar-refractivity contribution in [2.24, 2.45) is 5.92 Å². The van der Waals surface area contributed by atoms with Gasteiger partial charge in [-0.3, -0.25) is 4.79 Å². The third kappa shape index (κ3) is 3.98. The molecule has 5 heteroatoms. The second-order valence-corrected chi connectivity index (χ2v) is 4.45. The first kappa shape index (κ1) is 13.9. The highest BCUT2D eigenvalue weighted by molar-refractivity contribution is 6.30. The van der Waals surface area contributed by atoms with Gasteiger partial charge < -0.3 is 10.4 Å². The Bertz CT molecular complexity index is 411. The molecule has 1 rings (SSSR count). The summed E-state index contributed by atoms with van der Waals surface area (Å²) in [5.41, 5.74) is 0.820. The summed E-state index contributed by atoms with van der Waals surface area (Å²) in [4.78, 5) is 10.7. The number of hydrogen-bond acceptors (Lipinski definition) is 2. The smallest absolute Gasteiger partial charge is 0.307 e. The van der Waals surface area contributed by atoms with Crippen LogP contribution in [0.2, 0.25) is 5.02 Å². The van der Waals surface area contributed by atoms with Gasteiger partial charge in [0.25, 0.3) is 0 Å². The number of carbonyl (C=O) groups is 1. The minimum Gasteiger partial charge on any atom is -0.481 e. The zero-order valence-corrected chi connectivity index (χ0v) is 10.5. The quantitative estimate of drug-likeness (QED) is 0.855. The molecule has 1 aromatic carbocycles. The van der Waals surface area contributed by atoms with Crippen molar-refractivity contribution in [2.75, 3.05) is 0 Å². The van der Waals surface area contributed by atoms with E-state index < -0.39 is 17.7 Å². The lowest BCUT2D eigenvalue weighted by Gasteiger charge is -2.17. The van der Waals surface area contributed by atoms with Crippen molar-refractivity contribution in [3.63, 3.8) is 0 Å². The lowest BCUT2D eigenvalue weighted by Crippen LogP contribution is -2.35. The minimum absolute atomic E-state index is 0.0724. The molecule has 1 aromatic rings. The van der Waals surface area contributed by atoms with Crippen molar-refractivity contribution in [3.05, 3.63) is 34.6 Å². The number of nitrogens with one attached hydrogen (secondary N) is 1. The summed E-state index contributed by atoms with van der Waals surface area (Å²) < 4.78 is 12.9. The number of halogens is 2. The standard InChI is InChI=1S/C12H15ClFNO2/c1-7(12(16)17)8(2)15-6-9-3-4-11(14)10(13)5-9/h3-5,7-8,15H,6H2,1-2H3,(H,16,17). The van der Waals surface area contributed by atoms with Crippen molar-refractivity contribution in [1.29, 1.82) is 0 Å². The van der Waals surface area contributed by atoms with Crippen LogP contribution in [0.1, 0.15) is 19.4 Å². The molecule has 0 saturated carbocycles. The maximum Gasteiger partial charge on any atom is 0.307 e. The van der Waals surface area contributed by atoms with E-state index in [1.165, 1.54) is 12.1 Å². The summed E-state index contributed by atoms with van der Waals surface area (Å²) in [5, 5.41) is 12.0. The van der Waals surface area contributed by atoms with Crippen LogP contribution in [-0.4, -0.2) is 17.1 Å². The first-order chi connectivity index (χ1) is 7.91. The summed E-state index contributed by atoms with van der Waals surface area (Å²) in [5.74, 6) is -1.78. The Morgan fingerprint density at radius 2 is 2.18 bits per heavy atom. The second kappa shape index (κ2) is 5.98. The zero-order chi connectivity index (χ0) is 13.0. The molecule has 2 unspecified atom stereocenters. The molecule has 0 spiro atoms. The van der Waals surface area contributed by atoms with Gasteiger partial charge in [0.1, 0.15) is 5.82 Å². The predicted molar refractivity (Wildman–Crippen MR) is 64.5 cm³/mol. The van der Waals surface area contributed by atoms with E-state index in [1.54, 1.807) is 19.9 Å². The van der Waals surface area contributed by atoms with Crippen LogP contribution in [0.25, 0.3) is 0 Å². The third-order valence-corrected chi connectivity index (χ3v) is 3.04. The summed E-state index contributed by atoms with van der Waals surface area (Å²) in [7, 11) is 0. The number of hydrogen-bond donors (Lipinski definition) is 2. The summed E-state index contributed by atoms with van der Waals surface area (Å²) >= 11 is 5.65. The van der Waals surface area contributed by atoms with Crippen molar-refractivity contribution in [3.8, 4) is 0 Å². The van der Waals surface area contributed by atoms with E-state index in [0.717, 1.165) is 5.56 Å². The zero-order valence-electron chi connectivity index (χ0n) is 9.71. The topological polar surface area (TPSA) is 49.3 Å². The molecule has 0 aliphatic rings. The van der Waals surface area contributed by atoms with Crippen molar-refractivity contribution >= 4 is 17.6 Å². The van der Waals surface area contributed by atoms with Crippen LogP contribution in [0.5, 0.6) is 0 Å². The third-order valence-electron chi connectivity index (χ3n) is 2.75. The Kier molecular flexibility index (Phi) is 4.90. The predicted octanol–water partition coefficient (Wildman–Crippen LogP) is 2.68. The molecule has 94 valence electrons. The van der Waals surface area contributed by atoms with Gasteiger partial charge >= 0.3 is 5.97 Å². The summed E-state index contributed by atoms with van der Waals surface area (Å²) in [6.45, 7) is 3.89. The van der Waals surface area contributed by atoms with E-state index in [4.69, 9.17) is 16.7 Å². The Morgan fingerprint density at radius 1 is 1.53 bits per heavy atom. The van der Waals surface area contributed by atoms with Crippen LogP contribution in [0.3, 0.4) is 0 Å². The monoisotopic (exact) mass is 259 g/mol. The van der Waals surface area contributed by atoms with Crippen LogP contribution < -0.4 is 5.32 Å². The molecule has 0 heterocycles. The first-order valence-electron chi connectivity index (χ1n) is 5.32. The molecular formula is C12H15ClFNO2. The number of aliphatic carboxylic acids is 1. The van der Waals surface area contributed by atoms with E-state index in [-0.39, 0.29) is 11.1 Å². The molecule has 3 nitrogen and oxygen atoms in total. The highest BCUT2D eigenvalue weighted by Gasteiger charge is 2.18. The van der Waals surface area contributed by atoms with Crippen LogP contribution in [0, 0.1) is 11.7 Å². The van der Waals surface area contributed by atoms with Gasteiger partial charge in [-0.1, -0.05) is 24.6 Å². The highest BCUT2D eigenvalue weighted by Crippen LogP contribution is 2.16. The van der Waals surface area contributed by atoms with Gasteiger partial charge in [-0.25, -0.2) is 4.39 Å². The average Bonchev–Trinajstić information content (AvgIpc) is 2.29. The maximum atomic E-state index is 12.9. The van der Waals surface area contributed by atoms with Crippen LogP contribution in [0.15, 0.2) is 18.2 Å². The van der Waals surface area contributed by atoms with Gasteiger partial charge in [0, 0.05) is 12.6 Å². The van der Waals surface area contributed by atoms with Gasteiger partial charge in [-0.15, -0.1) is 0 Å². The molecule has 2 atom stereocenters. The minimum atomic E-state index is -0.845. The molecule has 0 amide bonds. The van der Waals surface area contributed by atoms with E-state index in [2.05, 4.69) is 5.32 Å². The van der Waals surface area contributed by atoms with Crippen molar-refractivity contribution in [1.82, 2.24) is 5.32 Å². The van der Waals surface area contributed by atoms with Crippen molar-refractivity contribution < 1.29 is 14.3 Å². The van der Waals surface area contributed by atoms with Gasteiger partial charge in [0.05, 0.1) is 10.9 Å². The Balaban J connectivity index is 2.55. The van der Waals surface area contributed by atoms with Crippen molar-refractivity contribution in [2.45, 2.75) is 26.4 Å². The molecule has 0 aliphatic heterocycles.